The number of halogens is 1. The van der Waals surface area contributed by atoms with Gasteiger partial charge in [0, 0.05) is 16.0 Å². The summed E-state index contributed by atoms with van der Waals surface area (Å²) in [5.41, 5.74) is 6.65. The van der Waals surface area contributed by atoms with Gasteiger partial charge in [-0.1, -0.05) is 72.3 Å². The summed E-state index contributed by atoms with van der Waals surface area (Å²) >= 11 is 6.26. The minimum absolute atomic E-state index is 0.730. The molecule has 0 saturated heterocycles. The SMILES string of the molecule is Cc1c(-c2ccccc2)nc2ccc(Cl)cc2c1-c1ccccc1. The Morgan fingerprint density at radius 1 is 0.750 bits per heavy atom. The molecule has 0 bridgehead atoms. The van der Waals surface area contributed by atoms with Gasteiger partial charge in [0.05, 0.1) is 11.2 Å². The Balaban J connectivity index is 2.11. The minimum atomic E-state index is 0.730. The van der Waals surface area contributed by atoms with E-state index >= 15 is 0 Å². The summed E-state index contributed by atoms with van der Waals surface area (Å²) in [4.78, 5) is 4.91. The topological polar surface area (TPSA) is 12.9 Å². The lowest BCUT2D eigenvalue weighted by molar-refractivity contribution is 1.33. The van der Waals surface area contributed by atoms with E-state index in [9.17, 15) is 0 Å². The van der Waals surface area contributed by atoms with Crippen molar-refractivity contribution >= 4 is 22.5 Å². The van der Waals surface area contributed by atoms with E-state index in [0.29, 0.717) is 0 Å². The van der Waals surface area contributed by atoms with E-state index in [2.05, 4.69) is 43.3 Å². The first-order valence-corrected chi connectivity index (χ1v) is 8.32. The molecule has 3 aromatic carbocycles. The van der Waals surface area contributed by atoms with Crippen LogP contribution in [0, 0.1) is 6.92 Å². The number of rotatable bonds is 2. The molecule has 1 heterocycles. The standard InChI is InChI=1S/C22H16ClN/c1-15-21(16-8-4-2-5-9-16)19-14-18(23)12-13-20(19)24-22(15)17-10-6-3-7-11-17/h2-14H,1H3. The molecule has 0 radical (unpaired) electrons. The number of pyridine rings is 1. The molecule has 0 aliphatic carbocycles. The Labute approximate surface area is 146 Å². The van der Waals surface area contributed by atoms with Gasteiger partial charge in [0.1, 0.15) is 0 Å². The van der Waals surface area contributed by atoms with Gasteiger partial charge in [-0.3, -0.25) is 0 Å². The zero-order chi connectivity index (χ0) is 16.5. The number of nitrogens with zero attached hydrogens (tertiary/aromatic N) is 1. The summed E-state index contributed by atoms with van der Waals surface area (Å²) < 4.78 is 0. The van der Waals surface area contributed by atoms with Crippen LogP contribution in [0.2, 0.25) is 5.02 Å². The first-order valence-electron chi connectivity index (χ1n) is 7.95. The third kappa shape index (κ3) is 2.57. The van der Waals surface area contributed by atoms with Crippen LogP contribution in [0.15, 0.2) is 78.9 Å². The number of aromatic nitrogens is 1. The Morgan fingerprint density at radius 3 is 2.04 bits per heavy atom. The zero-order valence-corrected chi connectivity index (χ0v) is 14.1. The number of hydrogen-bond acceptors (Lipinski definition) is 1. The van der Waals surface area contributed by atoms with Gasteiger partial charge >= 0.3 is 0 Å². The second-order valence-corrected chi connectivity index (χ2v) is 6.29. The van der Waals surface area contributed by atoms with Crippen LogP contribution in [0.4, 0.5) is 0 Å². The predicted molar refractivity (Wildman–Crippen MR) is 102 cm³/mol. The molecular formula is C22H16ClN. The van der Waals surface area contributed by atoms with Gasteiger partial charge in [0.25, 0.3) is 0 Å². The average Bonchev–Trinajstić information content (AvgIpc) is 2.63. The van der Waals surface area contributed by atoms with Gasteiger partial charge < -0.3 is 0 Å². The molecule has 0 aliphatic rings. The third-order valence-electron chi connectivity index (χ3n) is 4.30. The summed E-state index contributed by atoms with van der Waals surface area (Å²) in [6, 6.07) is 26.7. The Bertz CT molecular complexity index is 1010. The molecule has 4 rings (SSSR count). The first-order chi connectivity index (χ1) is 11.7. The van der Waals surface area contributed by atoms with E-state index in [-0.39, 0.29) is 0 Å². The second-order valence-electron chi connectivity index (χ2n) is 5.85. The lowest BCUT2D eigenvalue weighted by Crippen LogP contribution is -1.95. The molecule has 0 fully saturated rings. The molecule has 1 aromatic heterocycles. The molecular weight excluding hydrogens is 314 g/mol. The molecule has 0 N–H and O–H groups in total. The van der Waals surface area contributed by atoms with Gasteiger partial charge in [-0.25, -0.2) is 4.98 Å². The van der Waals surface area contributed by atoms with Crippen molar-refractivity contribution < 1.29 is 0 Å². The van der Waals surface area contributed by atoms with Crippen molar-refractivity contribution in [1.29, 1.82) is 0 Å². The van der Waals surface area contributed by atoms with Crippen molar-refractivity contribution in [3.8, 4) is 22.4 Å². The van der Waals surface area contributed by atoms with Gasteiger partial charge in [0.2, 0.25) is 0 Å². The Morgan fingerprint density at radius 2 is 1.38 bits per heavy atom. The molecule has 2 heteroatoms. The normalized spacial score (nSPS) is 10.9. The van der Waals surface area contributed by atoms with E-state index in [4.69, 9.17) is 16.6 Å². The highest BCUT2D eigenvalue weighted by atomic mass is 35.5. The van der Waals surface area contributed by atoms with Gasteiger partial charge in [0.15, 0.2) is 0 Å². The second kappa shape index (κ2) is 6.10. The fourth-order valence-corrected chi connectivity index (χ4v) is 3.36. The molecule has 0 saturated carbocycles. The maximum absolute atomic E-state index is 6.26. The van der Waals surface area contributed by atoms with Crippen LogP contribution in [0.3, 0.4) is 0 Å². The lowest BCUT2D eigenvalue weighted by Gasteiger charge is -2.15. The molecule has 0 spiro atoms. The highest BCUT2D eigenvalue weighted by molar-refractivity contribution is 6.31. The molecule has 0 aliphatic heterocycles. The highest BCUT2D eigenvalue weighted by Gasteiger charge is 2.14. The molecule has 0 unspecified atom stereocenters. The highest BCUT2D eigenvalue weighted by Crippen LogP contribution is 2.37. The summed E-state index contributed by atoms with van der Waals surface area (Å²) in [5.74, 6) is 0. The van der Waals surface area contributed by atoms with Crippen molar-refractivity contribution in [2.75, 3.05) is 0 Å². The fourth-order valence-electron chi connectivity index (χ4n) is 3.18. The Kier molecular flexibility index (Phi) is 3.79. The monoisotopic (exact) mass is 329 g/mol. The number of hydrogen-bond donors (Lipinski definition) is 0. The van der Waals surface area contributed by atoms with Crippen molar-refractivity contribution in [1.82, 2.24) is 4.98 Å². The largest absolute Gasteiger partial charge is 0.247 e. The van der Waals surface area contributed by atoms with Crippen molar-refractivity contribution in [2.45, 2.75) is 6.92 Å². The van der Waals surface area contributed by atoms with Gasteiger partial charge in [-0.2, -0.15) is 0 Å². The quantitative estimate of drug-likeness (QED) is 0.407. The minimum Gasteiger partial charge on any atom is -0.247 e. The summed E-state index contributed by atoms with van der Waals surface area (Å²) in [6.45, 7) is 2.14. The van der Waals surface area contributed by atoms with Crippen LogP contribution in [-0.4, -0.2) is 4.98 Å². The predicted octanol–water partition coefficient (Wildman–Crippen LogP) is 6.53. The van der Waals surface area contributed by atoms with Crippen LogP contribution < -0.4 is 0 Å². The van der Waals surface area contributed by atoms with Crippen LogP contribution >= 0.6 is 11.6 Å². The maximum atomic E-state index is 6.26. The van der Waals surface area contributed by atoms with Crippen molar-refractivity contribution in [2.24, 2.45) is 0 Å². The maximum Gasteiger partial charge on any atom is 0.0745 e. The fraction of sp³-hybridized carbons (Fsp3) is 0.0455. The third-order valence-corrected chi connectivity index (χ3v) is 4.54. The van der Waals surface area contributed by atoms with E-state index in [1.54, 1.807) is 0 Å². The summed E-state index contributed by atoms with van der Waals surface area (Å²) in [6.07, 6.45) is 0. The molecule has 0 atom stereocenters. The smallest absolute Gasteiger partial charge is 0.0745 e. The summed E-state index contributed by atoms with van der Waals surface area (Å²) in [7, 11) is 0. The molecule has 4 aromatic rings. The molecule has 24 heavy (non-hydrogen) atoms. The Hall–Kier alpha value is -2.64. The van der Waals surface area contributed by atoms with E-state index < -0.39 is 0 Å². The van der Waals surface area contributed by atoms with Crippen molar-refractivity contribution in [3.63, 3.8) is 0 Å². The number of benzene rings is 3. The number of fused-ring (bicyclic) bond motifs is 1. The summed E-state index contributed by atoms with van der Waals surface area (Å²) in [5, 5.41) is 1.82. The first kappa shape index (κ1) is 14.9. The average molecular weight is 330 g/mol. The van der Waals surface area contributed by atoms with E-state index in [1.165, 1.54) is 16.7 Å². The zero-order valence-electron chi connectivity index (χ0n) is 13.3. The van der Waals surface area contributed by atoms with Crippen molar-refractivity contribution in [3.05, 3.63) is 89.4 Å². The van der Waals surface area contributed by atoms with E-state index in [0.717, 1.165) is 27.2 Å². The molecule has 1 nitrogen and oxygen atoms in total. The van der Waals surface area contributed by atoms with E-state index in [1.807, 2.05) is 42.5 Å². The molecule has 116 valence electrons. The van der Waals surface area contributed by atoms with Crippen LogP contribution in [0.1, 0.15) is 5.56 Å². The lowest BCUT2D eigenvalue weighted by atomic mass is 9.93. The van der Waals surface area contributed by atoms with Gasteiger partial charge in [-0.05, 0) is 41.8 Å². The van der Waals surface area contributed by atoms with Crippen LogP contribution in [0.5, 0.6) is 0 Å². The molecule has 0 amide bonds. The van der Waals surface area contributed by atoms with Crippen LogP contribution in [0.25, 0.3) is 33.3 Å². The van der Waals surface area contributed by atoms with Crippen LogP contribution in [-0.2, 0) is 0 Å². The van der Waals surface area contributed by atoms with Gasteiger partial charge in [-0.15, -0.1) is 0 Å².